The zero-order valence-electron chi connectivity index (χ0n) is 19.8. The number of hydrogen-bond acceptors (Lipinski definition) is 6. The molecule has 1 aromatic heterocycles. The van der Waals surface area contributed by atoms with Crippen molar-refractivity contribution in [3.8, 4) is 0 Å². The van der Waals surface area contributed by atoms with Crippen molar-refractivity contribution < 1.29 is 19.1 Å². The fourth-order valence-corrected chi connectivity index (χ4v) is 4.31. The fourth-order valence-electron chi connectivity index (χ4n) is 3.96. The molecule has 1 aliphatic rings. The summed E-state index contributed by atoms with van der Waals surface area (Å²) in [6, 6.07) is 19.0. The van der Waals surface area contributed by atoms with Crippen molar-refractivity contribution in [1.29, 1.82) is 0 Å². The lowest BCUT2D eigenvalue weighted by molar-refractivity contribution is -0.131. The first-order chi connectivity index (χ1) is 17.5. The first-order valence-electron chi connectivity index (χ1n) is 11.6. The Kier molecular flexibility index (Phi) is 8.02. The summed E-state index contributed by atoms with van der Waals surface area (Å²) in [5.74, 6) is -0.983. The summed E-state index contributed by atoms with van der Waals surface area (Å²) in [5, 5.41) is 3.19. The fraction of sp³-hybridized carbons (Fsp3) is 0.222. The summed E-state index contributed by atoms with van der Waals surface area (Å²) in [6.07, 6.45) is 3.32. The molecule has 0 bridgehead atoms. The van der Waals surface area contributed by atoms with Gasteiger partial charge in [-0.05, 0) is 60.6 Å². The number of carbonyl (C=O) groups excluding carboxylic acids is 3. The average Bonchev–Trinajstić information content (AvgIpc) is 3.10. The molecule has 0 aliphatic carbocycles. The Morgan fingerprint density at radius 2 is 1.72 bits per heavy atom. The second kappa shape index (κ2) is 11.5. The number of hydrogen-bond donors (Lipinski definition) is 1. The largest absolute Gasteiger partial charge is 0.462 e. The van der Waals surface area contributed by atoms with Gasteiger partial charge in [0, 0.05) is 24.6 Å². The zero-order valence-corrected chi connectivity index (χ0v) is 20.6. The number of anilines is 1. The Labute approximate surface area is 214 Å². The molecule has 2 aromatic carbocycles. The number of amides is 2. The summed E-state index contributed by atoms with van der Waals surface area (Å²) < 4.78 is 4.98. The molecule has 1 aliphatic heterocycles. The highest BCUT2D eigenvalue weighted by atomic mass is 32.1. The third-order valence-corrected chi connectivity index (χ3v) is 6.18. The van der Waals surface area contributed by atoms with E-state index >= 15 is 0 Å². The highest BCUT2D eigenvalue weighted by Crippen LogP contribution is 2.25. The van der Waals surface area contributed by atoms with E-state index in [0.29, 0.717) is 29.5 Å². The molecule has 0 radical (unpaired) electrons. The lowest BCUT2D eigenvalue weighted by Gasteiger charge is -2.24. The second-order valence-electron chi connectivity index (χ2n) is 8.25. The maximum Gasteiger partial charge on any atom is 0.338 e. The van der Waals surface area contributed by atoms with Gasteiger partial charge in [-0.2, -0.15) is 0 Å². The van der Waals surface area contributed by atoms with Crippen molar-refractivity contribution >= 4 is 40.8 Å². The third kappa shape index (κ3) is 5.92. The van der Waals surface area contributed by atoms with E-state index in [4.69, 9.17) is 17.0 Å². The van der Waals surface area contributed by atoms with E-state index in [9.17, 15) is 14.4 Å². The smallest absolute Gasteiger partial charge is 0.338 e. The van der Waals surface area contributed by atoms with Gasteiger partial charge in [0.05, 0.1) is 25.1 Å². The lowest BCUT2D eigenvalue weighted by atomic mass is 10.1. The standard InChI is InChI=1S/C27H26N4O4S/c1-2-35-26(34)21-10-12-22(13-11-21)29-24(32)15-23-25(33)31(17-19-7-4-3-5-8-19)27(36)30(23)18-20-9-6-14-28-16-20/h3-14,16,23H,2,15,17-18H2,1H3,(H,29,32)/t23-/m1/s1. The number of thiocarbonyl (C=S) groups is 1. The van der Waals surface area contributed by atoms with Gasteiger partial charge in [0.1, 0.15) is 6.04 Å². The van der Waals surface area contributed by atoms with Gasteiger partial charge in [0.25, 0.3) is 5.91 Å². The molecule has 1 saturated heterocycles. The van der Waals surface area contributed by atoms with E-state index in [1.807, 2.05) is 42.5 Å². The average molecular weight is 503 g/mol. The Bertz CT molecular complexity index is 1240. The van der Waals surface area contributed by atoms with Crippen molar-refractivity contribution in [3.05, 3.63) is 95.8 Å². The van der Waals surface area contributed by atoms with Crippen LogP contribution in [0.3, 0.4) is 0 Å². The van der Waals surface area contributed by atoms with Crippen molar-refractivity contribution in [1.82, 2.24) is 14.8 Å². The zero-order chi connectivity index (χ0) is 25.5. The number of carbonyl (C=O) groups is 3. The molecule has 1 fully saturated rings. The number of nitrogens with zero attached hydrogens (tertiary/aromatic N) is 3. The van der Waals surface area contributed by atoms with Gasteiger partial charge in [-0.15, -0.1) is 0 Å². The number of rotatable bonds is 9. The predicted molar refractivity (Wildman–Crippen MR) is 139 cm³/mol. The van der Waals surface area contributed by atoms with Crippen LogP contribution in [-0.2, 0) is 27.4 Å². The number of benzene rings is 2. The molecule has 2 amide bonds. The van der Waals surface area contributed by atoms with E-state index in [1.165, 1.54) is 0 Å². The minimum absolute atomic E-state index is 0.0792. The molecule has 3 aromatic rings. The Morgan fingerprint density at radius 3 is 2.39 bits per heavy atom. The van der Waals surface area contributed by atoms with Crippen molar-refractivity contribution in [2.24, 2.45) is 0 Å². The van der Waals surface area contributed by atoms with Crippen LogP contribution in [0.1, 0.15) is 34.8 Å². The van der Waals surface area contributed by atoms with Gasteiger partial charge in [-0.25, -0.2) is 4.79 Å². The van der Waals surface area contributed by atoms with Crippen LogP contribution in [0.15, 0.2) is 79.1 Å². The van der Waals surface area contributed by atoms with Crippen molar-refractivity contribution in [3.63, 3.8) is 0 Å². The van der Waals surface area contributed by atoms with E-state index < -0.39 is 12.0 Å². The quantitative estimate of drug-likeness (QED) is 0.352. The molecule has 8 nitrogen and oxygen atoms in total. The topological polar surface area (TPSA) is 91.8 Å². The third-order valence-electron chi connectivity index (χ3n) is 5.72. The van der Waals surface area contributed by atoms with Crippen molar-refractivity contribution in [2.45, 2.75) is 32.5 Å². The normalized spacial score (nSPS) is 15.2. The van der Waals surface area contributed by atoms with Crippen LogP contribution in [-0.4, -0.2) is 50.3 Å². The number of aromatic nitrogens is 1. The second-order valence-corrected chi connectivity index (χ2v) is 8.61. The Hall–Kier alpha value is -4.11. The molecule has 1 atom stereocenters. The molecule has 36 heavy (non-hydrogen) atoms. The monoisotopic (exact) mass is 502 g/mol. The van der Waals surface area contributed by atoms with Crippen molar-refractivity contribution in [2.75, 3.05) is 11.9 Å². The number of nitrogens with one attached hydrogen (secondary N) is 1. The number of ether oxygens (including phenoxy) is 1. The van der Waals surface area contributed by atoms with E-state index in [2.05, 4.69) is 10.3 Å². The van der Waals surface area contributed by atoms with Crippen LogP contribution in [0.2, 0.25) is 0 Å². The predicted octanol–water partition coefficient (Wildman–Crippen LogP) is 3.79. The molecular weight excluding hydrogens is 476 g/mol. The maximum absolute atomic E-state index is 13.4. The molecular formula is C27H26N4O4S. The summed E-state index contributed by atoms with van der Waals surface area (Å²) in [4.78, 5) is 45.7. The summed E-state index contributed by atoms with van der Waals surface area (Å²) in [5.41, 5.74) is 2.74. The first-order valence-corrected chi connectivity index (χ1v) is 12.0. The van der Waals surface area contributed by atoms with Crippen LogP contribution in [0.25, 0.3) is 0 Å². The van der Waals surface area contributed by atoms with Gasteiger partial charge >= 0.3 is 5.97 Å². The molecule has 1 N–H and O–H groups in total. The minimum Gasteiger partial charge on any atom is -0.462 e. The van der Waals surface area contributed by atoms with Crippen LogP contribution in [0.4, 0.5) is 5.69 Å². The van der Waals surface area contributed by atoms with Gasteiger partial charge in [0.15, 0.2) is 5.11 Å². The number of pyridine rings is 1. The lowest BCUT2D eigenvalue weighted by Crippen LogP contribution is -2.37. The summed E-state index contributed by atoms with van der Waals surface area (Å²) in [7, 11) is 0. The molecule has 0 spiro atoms. The van der Waals surface area contributed by atoms with Crippen LogP contribution >= 0.6 is 12.2 Å². The Morgan fingerprint density at radius 1 is 1.00 bits per heavy atom. The SMILES string of the molecule is CCOC(=O)c1ccc(NC(=O)C[C@@H]2C(=O)N(Cc3ccccc3)C(=S)N2Cc2cccnc2)cc1. The van der Waals surface area contributed by atoms with Gasteiger partial charge in [0.2, 0.25) is 5.91 Å². The van der Waals surface area contributed by atoms with E-state index in [1.54, 1.807) is 53.4 Å². The molecule has 0 saturated carbocycles. The van der Waals surface area contributed by atoms with Crippen LogP contribution in [0, 0.1) is 0 Å². The molecule has 2 heterocycles. The van der Waals surface area contributed by atoms with Gasteiger partial charge in [-0.3, -0.25) is 19.5 Å². The molecule has 184 valence electrons. The van der Waals surface area contributed by atoms with Crippen LogP contribution in [0.5, 0.6) is 0 Å². The highest BCUT2D eigenvalue weighted by molar-refractivity contribution is 7.80. The first kappa shape index (κ1) is 25.0. The van der Waals surface area contributed by atoms with Gasteiger partial charge in [-0.1, -0.05) is 36.4 Å². The maximum atomic E-state index is 13.4. The van der Waals surface area contributed by atoms with E-state index in [-0.39, 0.29) is 24.8 Å². The van der Waals surface area contributed by atoms with Crippen LogP contribution < -0.4 is 5.32 Å². The molecule has 9 heteroatoms. The minimum atomic E-state index is -0.750. The highest BCUT2D eigenvalue weighted by Gasteiger charge is 2.43. The van der Waals surface area contributed by atoms with Gasteiger partial charge < -0.3 is 15.0 Å². The molecule has 0 unspecified atom stereocenters. The molecule has 4 rings (SSSR count). The Balaban J connectivity index is 1.49. The summed E-state index contributed by atoms with van der Waals surface area (Å²) >= 11 is 5.69. The van der Waals surface area contributed by atoms with E-state index in [0.717, 1.165) is 11.1 Å². The number of esters is 1. The summed E-state index contributed by atoms with van der Waals surface area (Å²) in [6.45, 7) is 2.71.